The van der Waals surface area contributed by atoms with Crippen LogP contribution in [0.25, 0.3) is 0 Å². The Labute approximate surface area is 108 Å². The second kappa shape index (κ2) is 7.86. The summed E-state index contributed by atoms with van der Waals surface area (Å²) in [6.07, 6.45) is 6.10. The van der Waals surface area contributed by atoms with E-state index in [2.05, 4.69) is 0 Å². The number of hydrogen-bond donors (Lipinski definition) is 0. The van der Waals surface area contributed by atoms with E-state index in [1.807, 2.05) is 60.4 Å². The molecule has 0 saturated carbocycles. The molecule has 1 rings (SSSR count). The minimum absolute atomic E-state index is 0.135. The van der Waals surface area contributed by atoms with E-state index in [1.54, 1.807) is 6.20 Å². The molecule has 0 saturated heterocycles. The number of hydrogen-bond acceptors (Lipinski definition) is 3. The van der Waals surface area contributed by atoms with E-state index in [4.69, 9.17) is 5.26 Å². The van der Waals surface area contributed by atoms with Crippen molar-refractivity contribution in [3.8, 4) is 6.07 Å². The molecule has 3 heteroatoms. The van der Waals surface area contributed by atoms with Crippen molar-refractivity contribution in [1.29, 1.82) is 5.26 Å². The lowest BCUT2D eigenvalue weighted by molar-refractivity contribution is -0.104. The molecule has 0 heterocycles. The normalized spacial score (nSPS) is 11.2. The van der Waals surface area contributed by atoms with Crippen LogP contribution in [0.3, 0.4) is 0 Å². The third-order valence-corrected chi connectivity index (χ3v) is 2.38. The number of carbonyl (C=O) groups is 1. The van der Waals surface area contributed by atoms with Gasteiger partial charge in [0.15, 0.2) is 6.29 Å². The van der Waals surface area contributed by atoms with E-state index < -0.39 is 0 Å². The minimum Gasteiger partial charge on any atom is -0.368 e. The topological polar surface area (TPSA) is 44.1 Å². The first kappa shape index (κ1) is 13.7. The summed E-state index contributed by atoms with van der Waals surface area (Å²) in [5.74, 6) is 0. The number of nitrogens with zero attached hydrogens (tertiary/aromatic N) is 2. The van der Waals surface area contributed by atoms with Gasteiger partial charge in [-0.25, -0.2) is 0 Å². The summed E-state index contributed by atoms with van der Waals surface area (Å²) in [5.41, 5.74) is 1.27. The number of allylic oxidation sites excluding steroid dienone is 2. The lowest BCUT2D eigenvalue weighted by Gasteiger charge is -2.18. The van der Waals surface area contributed by atoms with E-state index in [0.717, 1.165) is 5.56 Å². The fourth-order valence-corrected chi connectivity index (χ4v) is 1.50. The smallest absolute Gasteiger partial charge is 0.162 e. The fraction of sp³-hybridized carbons (Fsp3) is 0.200. The average Bonchev–Trinajstić information content (AvgIpc) is 2.42. The van der Waals surface area contributed by atoms with Crippen molar-refractivity contribution in [2.45, 2.75) is 13.5 Å². The zero-order valence-electron chi connectivity index (χ0n) is 10.4. The zero-order chi connectivity index (χ0) is 13.2. The Morgan fingerprint density at radius 2 is 2.11 bits per heavy atom. The maximum Gasteiger partial charge on any atom is 0.162 e. The minimum atomic E-state index is 0.135. The van der Waals surface area contributed by atoms with Crippen LogP contribution in [0, 0.1) is 11.3 Å². The van der Waals surface area contributed by atoms with Gasteiger partial charge in [-0.2, -0.15) is 5.26 Å². The molecular formula is C15H16N2O. The maximum atomic E-state index is 10.7. The van der Waals surface area contributed by atoms with Gasteiger partial charge in [0.2, 0.25) is 0 Å². The molecule has 0 N–H and O–H groups in total. The molecular weight excluding hydrogens is 224 g/mol. The van der Waals surface area contributed by atoms with Crippen molar-refractivity contribution in [3.63, 3.8) is 0 Å². The third-order valence-electron chi connectivity index (χ3n) is 2.38. The van der Waals surface area contributed by atoms with Gasteiger partial charge in [0.05, 0.1) is 0 Å². The molecule has 0 aliphatic carbocycles. The molecule has 0 fully saturated rings. The average molecular weight is 240 g/mol. The molecule has 0 amide bonds. The molecule has 92 valence electrons. The molecule has 0 spiro atoms. The summed E-state index contributed by atoms with van der Waals surface area (Å²) in [4.78, 5) is 12.6. The Bertz CT molecular complexity index is 469. The number of rotatable bonds is 6. The van der Waals surface area contributed by atoms with Crippen LogP contribution in [0.4, 0.5) is 0 Å². The SMILES string of the molecule is C/C=C/CN(/C=C(\C#N)C=O)Cc1ccccc1. The largest absolute Gasteiger partial charge is 0.368 e. The number of benzene rings is 1. The van der Waals surface area contributed by atoms with E-state index >= 15 is 0 Å². The van der Waals surface area contributed by atoms with Crippen LogP contribution < -0.4 is 0 Å². The zero-order valence-corrected chi connectivity index (χ0v) is 10.4. The summed E-state index contributed by atoms with van der Waals surface area (Å²) in [7, 11) is 0. The first-order chi connectivity index (χ1) is 8.80. The van der Waals surface area contributed by atoms with Crippen LogP contribution >= 0.6 is 0 Å². The molecule has 0 aliphatic rings. The molecule has 1 aromatic carbocycles. The summed E-state index contributed by atoms with van der Waals surface area (Å²) >= 11 is 0. The van der Waals surface area contributed by atoms with E-state index in [-0.39, 0.29) is 5.57 Å². The highest BCUT2D eigenvalue weighted by Crippen LogP contribution is 2.06. The van der Waals surface area contributed by atoms with Gasteiger partial charge in [0.1, 0.15) is 11.6 Å². The molecule has 0 radical (unpaired) electrons. The van der Waals surface area contributed by atoms with Crippen molar-refractivity contribution >= 4 is 6.29 Å². The van der Waals surface area contributed by atoms with Gasteiger partial charge in [-0.05, 0) is 12.5 Å². The Kier molecular flexibility index (Phi) is 5.99. The van der Waals surface area contributed by atoms with Crippen LogP contribution in [-0.2, 0) is 11.3 Å². The molecule has 3 nitrogen and oxygen atoms in total. The first-order valence-electron chi connectivity index (χ1n) is 5.76. The van der Waals surface area contributed by atoms with Crippen LogP contribution in [0.2, 0.25) is 0 Å². The first-order valence-corrected chi connectivity index (χ1v) is 5.76. The quantitative estimate of drug-likeness (QED) is 0.332. The van der Waals surface area contributed by atoms with Crippen LogP contribution in [0.1, 0.15) is 12.5 Å². The van der Waals surface area contributed by atoms with Crippen molar-refractivity contribution in [2.24, 2.45) is 0 Å². The van der Waals surface area contributed by atoms with Crippen LogP contribution in [-0.4, -0.2) is 17.7 Å². The second-order valence-electron chi connectivity index (χ2n) is 3.80. The van der Waals surface area contributed by atoms with Crippen molar-refractivity contribution < 1.29 is 4.79 Å². The van der Waals surface area contributed by atoms with Gasteiger partial charge in [-0.1, -0.05) is 42.5 Å². The van der Waals surface area contributed by atoms with E-state index in [1.165, 1.54) is 0 Å². The van der Waals surface area contributed by atoms with Crippen molar-refractivity contribution in [1.82, 2.24) is 4.90 Å². The monoisotopic (exact) mass is 240 g/mol. The lowest BCUT2D eigenvalue weighted by atomic mass is 10.2. The Morgan fingerprint density at radius 3 is 2.67 bits per heavy atom. The molecule has 18 heavy (non-hydrogen) atoms. The molecule has 0 atom stereocenters. The summed E-state index contributed by atoms with van der Waals surface area (Å²) in [6, 6.07) is 11.8. The summed E-state index contributed by atoms with van der Waals surface area (Å²) < 4.78 is 0. The van der Waals surface area contributed by atoms with Crippen molar-refractivity contribution in [3.05, 3.63) is 59.8 Å². The van der Waals surface area contributed by atoms with Crippen LogP contribution in [0.15, 0.2) is 54.3 Å². The lowest BCUT2D eigenvalue weighted by Crippen LogP contribution is -2.17. The number of nitriles is 1. The molecule has 0 aliphatic heterocycles. The van der Waals surface area contributed by atoms with E-state index in [9.17, 15) is 4.79 Å². The van der Waals surface area contributed by atoms with Crippen molar-refractivity contribution in [2.75, 3.05) is 6.54 Å². The van der Waals surface area contributed by atoms with Gasteiger partial charge in [0, 0.05) is 19.3 Å². The predicted octanol–water partition coefficient (Wildman–Crippen LogP) is 2.67. The molecule has 1 aromatic rings. The third kappa shape index (κ3) is 4.67. The highest BCUT2D eigenvalue weighted by atomic mass is 16.1. The highest BCUT2D eigenvalue weighted by molar-refractivity contribution is 5.78. The Balaban J connectivity index is 2.82. The standard InChI is InChI=1S/C15H16N2O/c1-2-3-9-17(12-15(10-16)13-18)11-14-7-5-4-6-8-14/h2-8,12-13H,9,11H2,1H3/b3-2+,15-12+. The van der Waals surface area contributed by atoms with Gasteiger partial charge in [-0.15, -0.1) is 0 Å². The van der Waals surface area contributed by atoms with Gasteiger partial charge in [-0.3, -0.25) is 4.79 Å². The van der Waals surface area contributed by atoms with Gasteiger partial charge in [0.25, 0.3) is 0 Å². The maximum absolute atomic E-state index is 10.7. The highest BCUT2D eigenvalue weighted by Gasteiger charge is 2.02. The Morgan fingerprint density at radius 1 is 1.39 bits per heavy atom. The number of aldehydes is 1. The van der Waals surface area contributed by atoms with Gasteiger partial charge >= 0.3 is 0 Å². The summed E-state index contributed by atoms with van der Waals surface area (Å²) in [5, 5.41) is 8.77. The van der Waals surface area contributed by atoms with Crippen LogP contribution in [0.5, 0.6) is 0 Å². The molecule has 0 unspecified atom stereocenters. The molecule has 0 bridgehead atoms. The second-order valence-corrected chi connectivity index (χ2v) is 3.80. The summed E-state index contributed by atoms with van der Waals surface area (Å²) in [6.45, 7) is 3.28. The Hall–Kier alpha value is -2.34. The molecule has 0 aromatic heterocycles. The predicted molar refractivity (Wildman–Crippen MR) is 71.4 cm³/mol. The van der Waals surface area contributed by atoms with E-state index in [0.29, 0.717) is 19.4 Å². The van der Waals surface area contributed by atoms with Gasteiger partial charge < -0.3 is 4.90 Å². The number of carbonyl (C=O) groups excluding carboxylic acids is 1. The fourth-order valence-electron chi connectivity index (χ4n) is 1.50.